The Morgan fingerprint density at radius 3 is 2.61 bits per heavy atom. The quantitative estimate of drug-likeness (QED) is 0.449. The van der Waals surface area contributed by atoms with E-state index in [2.05, 4.69) is 31.5 Å². The highest BCUT2D eigenvalue weighted by Crippen LogP contribution is 2.29. The summed E-state index contributed by atoms with van der Waals surface area (Å²) in [6.07, 6.45) is 1.45. The number of nitrogens with one attached hydrogen (secondary N) is 1. The fourth-order valence-corrected chi connectivity index (χ4v) is 3.44. The number of hydrogen-bond donors (Lipinski definition) is 1. The van der Waals surface area contributed by atoms with Gasteiger partial charge in [0.25, 0.3) is 5.56 Å². The van der Waals surface area contributed by atoms with Crippen LogP contribution in [0, 0.1) is 25.2 Å². The molecule has 0 unspecified atom stereocenters. The highest BCUT2D eigenvalue weighted by molar-refractivity contribution is 5.83. The Balaban J connectivity index is 1.68. The normalized spacial score (nSPS) is 11.5. The molecule has 1 N–H and O–H groups in total. The molecule has 0 aliphatic heterocycles. The van der Waals surface area contributed by atoms with Crippen molar-refractivity contribution in [2.45, 2.75) is 13.8 Å². The summed E-state index contributed by atoms with van der Waals surface area (Å²) in [6.45, 7) is 3.78. The van der Waals surface area contributed by atoms with E-state index in [0.29, 0.717) is 33.7 Å². The van der Waals surface area contributed by atoms with Crippen LogP contribution in [0.4, 0.5) is 11.5 Å². The summed E-state index contributed by atoms with van der Waals surface area (Å²) in [5.74, 6) is 0.299. The molecule has 0 bridgehead atoms. The number of aryl methyl sites for hydroxylation is 2. The van der Waals surface area contributed by atoms with Crippen molar-refractivity contribution in [3.8, 4) is 11.8 Å². The number of hydrogen-bond acceptors (Lipinski definition) is 6. The molecule has 0 radical (unpaired) electrons. The lowest BCUT2D eigenvalue weighted by atomic mass is 10.2. The summed E-state index contributed by atoms with van der Waals surface area (Å²) >= 11 is 0. The van der Waals surface area contributed by atoms with Crippen molar-refractivity contribution < 1.29 is 0 Å². The van der Waals surface area contributed by atoms with E-state index in [4.69, 9.17) is 0 Å². The first-order valence-electron chi connectivity index (χ1n) is 9.54. The molecule has 5 rings (SSSR count). The molecule has 9 nitrogen and oxygen atoms in total. The van der Waals surface area contributed by atoms with Gasteiger partial charge in [-0.25, -0.2) is 9.20 Å². The van der Waals surface area contributed by atoms with E-state index in [1.54, 1.807) is 28.3 Å². The summed E-state index contributed by atoms with van der Waals surface area (Å²) in [5, 5.41) is 27.5. The van der Waals surface area contributed by atoms with Gasteiger partial charge in [-0.1, -0.05) is 29.8 Å². The number of nitriles is 1. The molecule has 0 atom stereocenters. The second kappa shape index (κ2) is 7.03. The van der Waals surface area contributed by atoms with Gasteiger partial charge in [0, 0.05) is 0 Å². The minimum atomic E-state index is -0.234. The molecular weight excluding hydrogens is 392 g/mol. The number of H-pyrrole nitrogens is 1. The second-order valence-corrected chi connectivity index (χ2v) is 7.11. The van der Waals surface area contributed by atoms with Crippen molar-refractivity contribution in [2.24, 2.45) is 10.2 Å². The lowest BCUT2D eigenvalue weighted by Gasteiger charge is -2.04. The first-order valence-corrected chi connectivity index (χ1v) is 9.54. The van der Waals surface area contributed by atoms with Gasteiger partial charge in [-0.05, 0) is 38.1 Å². The van der Waals surface area contributed by atoms with Crippen molar-refractivity contribution in [1.29, 1.82) is 5.26 Å². The third-order valence-electron chi connectivity index (χ3n) is 5.03. The van der Waals surface area contributed by atoms with Gasteiger partial charge >= 0.3 is 0 Å². The first kappa shape index (κ1) is 18.4. The summed E-state index contributed by atoms with van der Waals surface area (Å²) in [7, 11) is 0. The molecule has 0 amide bonds. The molecule has 5 aromatic rings. The van der Waals surface area contributed by atoms with Crippen LogP contribution in [0.25, 0.3) is 22.2 Å². The zero-order valence-corrected chi connectivity index (χ0v) is 16.7. The summed E-state index contributed by atoms with van der Waals surface area (Å²) in [5.41, 5.74) is 4.05. The zero-order chi connectivity index (χ0) is 21.5. The predicted octanol–water partition coefficient (Wildman–Crippen LogP) is 4.27. The van der Waals surface area contributed by atoms with Gasteiger partial charge < -0.3 is 4.98 Å². The van der Waals surface area contributed by atoms with Gasteiger partial charge in [0.15, 0.2) is 17.2 Å². The van der Waals surface area contributed by atoms with Gasteiger partial charge in [-0.3, -0.25) is 4.79 Å². The molecular formula is C22H16N8O. The molecule has 2 aromatic carbocycles. The highest BCUT2D eigenvalue weighted by atomic mass is 16.1. The number of para-hydroxylation sites is 1. The van der Waals surface area contributed by atoms with Crippen molar-refractivity contribution in [3.05, 3.63) is 81.9 Å². The summed E-state index contributed by atoms with van der Waals surface area (Å²) in [6, 6.07) is 17.0. The average Bonchev–Trinajstić information content (AvgIpc) is 3.33. The second-order valence-electron chi connectivity index (χ2n) is 7.11. The van der Waals surface area contributed by atoms with E-state index in [1.807, 2.05) is 43.3 Å². The number of fused-ring (bicyclic) bond motifs is 3. The fraction of sp³-hybridized carbons (Fsp3) is 0.0909. The third-order valence-corrected chi connectivity index (χ3v) is 5.03. The lowest BCUT2D eigenvalue weighted by Crippen LogP contribution is -2.09. The number of azo groups is 1. The van der Waals surface area contributed by atoms with E-state index < -0.39 is 0 Å². The molecule has 3 aromatic heterocycles. The average molecular weight is 408 g/mol. The topological polar surface area (TPSA) is 116 Å². The van der Waals surface area contributed by atoms with Crippen molar-refractivity contribution in [3.63, 3.8) is 0 Å². The molecule has 0 fully saturated rings. The fourth-order valence-electron chi connectivity index (χ4n) is 3.44. The van der Waals surface area contributed by atoms with Crippen LogP contribution in [0.5, 0.6) is 0 Å². The molecule has 0 saturated heterocycles. The minimum Gasteiger partial charge on any atom is -0.304 e. The Hall–Kier alpha value is -4.58. The molecule has 9 heteroatoms. The smallest absolute Gasteiger partial charge is 0.259 e. The van der Waals surface area contributed by atoms with Gasteiger partial charge in [-0.2, -0.15) is 15.5 Å². The van der Waals surface area contributed by atoms with Crippen LogP contribution in [0.3, 0.4) is 0 Å². The van der Waals surface area contributed by atoms with Crippen molar-refractivity contribution >= 4 is 28.1 Å². The standard InChI is InChI=1S/C22H16N8O/c1-13-7-9-16(10-8-13)29-20(15(11-23)12-24-29)27-26-19-14(2)28-30-18-6-4-3-5-17(18)22(31)25-21(19)30/h3-10,12H,1-2H3,(H,25,31)/b27-26+. The van der Waals surface area contributed by atoms with E-state index in [1.165, 1.54) is 6.20 Å². The molecule has 0 spiro atoms. The maximum absolute atomic E-state index is 12.5. The molecule has 0 saturated carbocycles. The Morgan fingerprint density at radius 2 is 1.84 bits per heavy atom. The van der Waals surface area contributed by atoms with Crippen LogP contribution in [-0.4, -0.2) is 24.4 Å². The number of aromatic nitrogens is 5. The summed E-state index contributed by atoms with van der Waals surface area (Å²) in [4.78, 5) is 15.4. The van der Waals surface area contributed by atoms with Crippen LogP contribution < -0.4 is 5.56 Å². The van der Waals surface area contributed by atoms with Crippen LogP contribution in [0.15, 0.2) is 69.8 Å². The largest absolute Gasteiger partial charge is 0.304 e. The molecule has 0 aliphatic carbocycles. The van der Waals surface area contributed by atoms with Gasteiger partial charge in [-0.15, -0.1) is 10.2 Å². The van der Waals surface area contributed by atoms with Gasteiger partial charge in [0.2, 0.25) is 0 Å². The van der Waals surface area contributed by atoms with Crippen molar-refractivity contribution in [1.82, 2.24) is 24.4 Å². The highest BCUT2D eigenvalue weighted by Gasteiger charge is 2.16. The monoisotopic (exact) mass is 408 g/mol. The van der Waals surface area contributed by atoms with Crippen LogP contribution in [-0.2, 0) is 0 Å². The Morgan fingerprint density at radius 1 is 1.06 bits per heavy atom. The molecule has 150 valence electrons. The number of rotatable bonds is 3. The van der Waals surface area contributed by atoms with E-state index in [0.717, 1.165) is 11.3 Å². The van der Waals surface area contributed by atoms with Gasteiger partial charge in [0.1, 0.15) is 11.6 Å². The van der Waals surface area contributed by atoms with Crippen LogP contribution in [0.2, 0.25) is 0 Å². The van der Waals surface area contributed by atoms with Crippen LogP contribution >= 0.6 is 0 Å². The first-order chi connectivity index (χ1) is 15.1. The Kier molecular flexibility index (Phi) is 4.19. The Bertz CT molecular complexity index is 1580. The molecule has 3 heterocycles. The minimum absolute atomic E-state index is 0.234. The maximum Gasteiger partial charge on any atom is 0.259 e. The number of nitrogens with zero attached hydrogens (tertiary/aromatic N) is 7. The van der Waals surface area contributed by atoms with E-state index in [-0.39, 0.29) is 11.1 Å². The maximum atomic E-state index is 12.5. The van der Waals surface area contributed by atoms with E-state index in [9.17, 15) is 10.1 Å². The van der Waals surface area contributed by atoms with Crippen molar-refractivity contribution in [2.75, 3.05) is 0 Å². The molecule has 0 aliphatic rings. The lowest BCUT2D eigenvalue weighted by molar-refractivity contribution is 0.869. The SMILES string of the molecule is Cc1ccc(-n2ncc(C#N)c2/N=N/c2c(C)nn3c2[nH]c(=O)c2ccccc23)cc1. The molecule has 31 heavy (non-hydrogen) atoms. The zero-order valence-electron chi connectivity index (χ0n) is 16.7. The Labute approximate surface area is 175 Å². The summed E-state index contributed by atoms with van der Waals surface area (Å²) < 4.78 is 3.20. The van der Waals surface area contributed by atoms with Gasteiger partial charge in [0.05, 0.1) is 28.5 Å². The number of benzene rings is 2. The van der Waals surface area contributed by atoms with E-state index >= 15 is 0 Å². The third kappa shape index (κ3) is 2.98. The van der Waals surface area contributed by atoms with Crippen LogP contribution in [0.1, 0.15) is 16.8 Å². The predicted molar refractivity (Wildman–Crippen MR) is 115 cm³/mol. The number of aromatic amines is 1.